The highest BCUT2D eigenvalue weighted by atomic mass is 35.5. The van der Waals surface area contributed by atoms with E-state index in [1.807, 2.05) is 31.2 Å². The van der Waals surface area contributed by atoms with Gasteiger partial charge in [0.1, 0.15) is 5.69 Å². The lowest BCUT2D eigenvalue weighted by Crippen LogP contribution is -2.26. The second kappa shape index (κ2) is 9.96. The van der Waals surface area contributed by atoms with Crippen LogP contribution in [0.3, 0.4) is 0 Å². The van der Waals surface area contributed by atoms with Gasteiger partial charge < -0.3 is 15.4 Å². The topological polar surface area (TPSA) is 76.1 Å². The number of aromatic nitrogens is 2. The van der Waals surface area contributed by atoms with Crippen LogP contribution in [0.2, 0.25) is 5.02 Å². The number of carbonyl (C=O) groups is 1. The zero-order valence-corrected chi connectivity index (χ0v) is 15.3. The summed E-state index contributed by atoms with van der Waals surface area (Å²) in [5.74, 6) is 0.239. The Balaban J connectivity index is 1.90. The monoisotopic (exact) mass is 362 g/mol. The number of halogens is 1. The van der Waals surface area contributed by atoms with Crippen LogP contribution in [0.1, 0.15) is 28.2 Å². The van der Waals surface area contributed by atoms with E-state index >= 15 is 0 Å². The highest BCUT2D eigenvalue weighted by Crippen LogP contribution is 2.11. The molecule has 1 amide bonds. The number of nitrogens with zero attached hydrogens (tertiary/aromatic N) is 2. The van der Waals surface area contributed by atoms with Crippen LogP contribution in [-0.4, -0.2) is 42.7 Å². The Labute approximate surface area is 153 Å². The first-order chi connectivity index (χ1) is 12.1. The van der Waals surface area contributed by atoms with Gasteiger partial charge in [0, 0.05) is 37.5 Å². The van der Waals surface area contributed by atoms with Crippen molar-refractivity contribution in [2.24, 2.45) is 0 Å². The molecule has 7 heteroatoms. The summed E-state index contributed by atoms with van der Waals surface area (Å²) in [6.45, 7) is 3.65. The Morgan fingerprint density at radius 2 is 2.08 bits per heavy atom. The van der Waals surface area contributed by atoms with Crippen molar-refractivity contribution >= 4 is 23.5 Å². The Hall–Kier alpha value is -2.18. The van der Waals surface area contributed by atoms with Gasteiger partial charge in [0.2, 0.25) is 5.95 Å². The minimum atomic E-state index is -0.209. The molecule has 134 valence electrons. The molecular weight excluding hydrogens is 340 g/mol. The molecule has 1 heterocycles. The fourth-order valence-corrected chi connectivity index (χ4v) is 2.50. The van der Waals surface area contributed by atoms with E-state index in [-0.39, 0.29) is 5.91 Å². The minimum absolute atomic E-state index is 0.209. The van der Waals surface area contributed by atoms with Crippen molar-refractivity contribution < 1.29 is 9.53 Å². The van der Waals surface area contributed by atoms with E-state index < -0.39 is 0 Å². The molecule has 1 aromatic carbocycles. The Bertz CT molecular complexity index is 709. The summed E-state index contributed by atoms with van der Waals surface area (Å²) in [7, 11) is 1.64. The van der Waals surface area contributed by atoms with Gasteiger partial charge in [0.05, 0.1) is 0 Å². The lowest BCUT2D eigenvalue weighted by molar-refractivity contribution is 0.0943. The lowest BCUT2D eigenvalue weighted by Gasteiger charge is -2.09. The van der Waals surface area contributed by atoms with Crippen molar-refractivity contribution in [3.05, 3.63) is 52.3 Å². The summed E-state index contributed by atoms with van der Waals surface area (Å²) in [4.78, 5) is 20.8. The molecule has 0 unspecified atom stereocenters. The molecule has 0 radical (unpaired) electrons. The van der Waals surface area contributed by atoms with Gasteiger partial charge in [-0.3, -0.25) is 4.79 Å². The number of carbonyl (C=O) groups excluding carboxylic acids is 1. The fraction of sp³-hybridized carbons (Fsp3) is 0.389. The molecule has 25 heavy (non-hydrogen) atoms. The first-order valence-electron chi connectivity index (χ1n) is 8.19. The van der Waals surface area contributed by atoms with Crippen LogP contribution in [0.4, 0.5) is 5.95 Å². The standard InChI is InChI=1S/C18H23ClN4O2/c1-13-11-16(17(24)20-8-4-10-25-2)23-18(22-13)21-9-7-14-5-3-6-15(19)12-14/h3,5-6,11-12H,4,7-10H2,1-2H3,(H,20,24)(H,21,22,23). The molecule has 0 aliphatic heterocycles. The third-order valence-corrected chi connectivity index (χ3v) is 3.72. The van der Waals surface area contributed by atoms with Gasteiger partial charge in [-0.1, -0.05) is 23.7 Å². The predicted octanol–water partition coefficient (Wildman–Crippen LogP) is 2.86. The van der Waals surface area contributed by atoms with E-state index in [0.717, 1.165) is 29.1 Å². The third-order valence-electron chi connectivity index (χ3n) is 3.48. The highest BCUT2D eigenvalue weighted by molar-refractivity contribution is 6.30. The van der Waals surface area contributed by atoms with Crippen molar-refractivity contribution in [3.63, 3.8) is 0 Å². The molecule has 2 rings (SSSR count). The van der Waals surface area contributed by atoms with Gasteiger partial charge in [-0.25, -0.2) is 9.97 Å². The SMILES string of the molecule is COCCCNC(=O)c1cc(C)nc(NCCc2cccc(Cl)c2)n1. The van der Waals surface area contributed by atoms with Gasteiger partial charge in [-0.2, -0.15) is 0 Å². The molecular formula is C18H23ClN4O2. The van der Waals surface area contributed by atoms with Crippen LogP contribution in [0.15, 0.2) is 30.3 Å². The summed E-state index contributed by atoms with van der Waals surface area (Å²) >= 11 is 5.98. The van der Waals surface area contributed by atoms with Crippen molar-refractivity contribution in [1.29, 1.82) is 0 Å². The zero-order valence-electron chi connectivity index (χ0n) is 14.5. The van der Waals surface area contributed by atoms with E-state index in [1.165, 1.54) is 0 Å². The molecule has 0 atom stereocenters. The second-order valence-electron chi connectivity index (χ2n) is 5.63. The molecule has 2 aromatic rings. The van der Waals surface area contributed by atoms with E-state index in [2.05, 4.69) is 20.6 Å². The number of anilines is 1. The average molecular weight is 363 g/mol. The number of nitrogens with one attached hydrogen (secondary N) is 2. The number of hydrogen-bond donors (Lipinski definition) is 2. The fourth-order valence-electron chi connectivity index (χ4n) is 2.28. The van der Waals surface area contributed by atoms with Gasteiger partial charge in [0.15, 0.2) is 0 Å². The second-order valence-corrected chi connectivity index (χ2v) is 6.06. The molecule has 0 saturated carbocycles. The summed E-state index contributed by atoms with van der Waals surface area (Å²) < 4.78 is 4.96. The number of hydrogen-bond acceptors (Lipinski definition) is 5. The maximum Gasteiger partial charge on any atom is 0.270 e. The maximum atomic E-state index is 12.2. The molecule has 2 N–H and O–H groups in total. The molecule has 0 spiro atoms. The largest absolute Gasteiger partial charge is 0.385 e. The van der Waals surface area contributed by atoms with Crippen LogP contribution in [0.25, 0.3) is 0 Å². The van der Waals surface area contributed by atoms with E-state index in [9.17, 15) is 4.79 Å². The maximum absolute atomic E-state index is 12.2. The number of rotatable bonds is 9. The molecule has 6 nitrogen and oxygen atoms in total. The van der Waals surface area contributed by atoms with Crippen LogP contribution in [0.5, 0.6) is 0 Å². The molecule has 0 aliphatic rings. The smallest absolute Gasteiger partial charge is 0.270 e. The van der Waals surface area contributed by atoms with Gasteiger partial charge in [0.25, 0.3) is 5.91 Å². The van der Waals surface area contributed by atoms with Crippen LogP contribution in [0, 0.1) is 6.92 Å². The van der Waals surface area contributed by atoms with Crippen LogP contribution in [-0.2, 0) is 11.2 Å². The summed E-state index contributed by atoms with van der Waals surface area (Å²) in [5.41, 5.74) is 2.22. The summed E-state index contributed by atoms with van der Waals surface area (Å²) in [6, 6.07) is 9.39. The summed E-state index contributed by atoms with van der Waals surface area (Å²) in [5, 5.41) is 6.70. The molecule has 0 bridgehead atoms. The Morgan fingerprint density at radius 1 is 1.24 bits per heavy atom. The van der Waals surface area contributed by atoms with Crippen molar-refractivity contribution in [2.45, 2.75) is 19.8 Å². The van der Waals surface area contributed by atoms with E-state index in [4.69, 9.17) is 16.3 Å². The number of amides is 1. The Morgan fingerprint density at radius 3 is 2.84 bits per heavy atom. The number of methoxy groups -OCH3 is 1. The number of benzene rings is 1. The summed E-state index contributed by atoms with van der Waals surface area (Å²) in [6.07, 6.45) is 1.55. The van der Waals surface area contributed by atoms with Gasteiger partial charge >= 0.3 is 0 Å². The molecule has 0 aliphatic carbocycles. The Kier molecular flexibility index (Phi) is 7.63. The first-order valence-corrected chi connectivity index (χ1v) is 8.57. The third kappa shape index (κ3) is 6.68. The van der Waals surface area contributed by atoms with E-state index in [0.29, 0.717) is 31.3 Å². The lowest BCUT2D eigenvalue weighted by atomic mass is 10.1. The van der Waals surface area contributed by atoms with Crippen molar-refractivity contribution in [3.8, 4) is 0 Å². The minimum Gasteiger partial charge on any atom is -0.385 e. The van der Waals surface area contributed by atoms with Gasteiger partial charge in [-0.05, 0) is 43.5 Å². The van der Waals surface area contributed by atoms with Crippen molar-refractivity contribution in [1.82, 2.24) is 15.3 Å². The zero-order chi connectivity index (χ0) is 18.1. The number of aryl methyl sites for hydroxylation is 1. The van der Waals surface area contributed by atoms with Crippen LogP contribution >= 0.6 is 11.6 Å². The molecule has 0 fully saturated rings. The van der Waals surface area contributed by atoms with Gasteiger partial charge in [-0.15, -0.1) is 0 Å². The molecule has 1 aromatic heterocycles. The quantitative estimate of drug-likeness (QED) is 0.671. The first kappa shape index (κ1) is 19.1. The highest BCUT2D eigenvalue weighted by Gasteiger charge is 2.10. The van der Waals surface area contributed by atoms with E-state index in [1.54, 1.807) is 13.2 Å². The molecule has 0 saturated heterocycles. The van der Waals surface area contributed by atoms with Crippen LogP contribution < -0.4 is 10.6 Å². The predicted molar refractivity (Wildman–Crippen MR) is 99.2 cm³/mol. The normalized spacial score (nSPS) is 10.5. The number of ether oxygens (including phenoxy) is 1. The average Bonchev–Trinajstić information content (AvgIpc) is 2.58. The van der Waals surface area contributed by atoms with Crippen molar-refractivity contribution in [2.75, 3.05) is 32.1 Å².